The molecule has 2 rings (SSSR count). The number of nitrogen functional groups attached to an aromatic ring is 1. The minimum atomic E-state index is 0.703. The molecule has 0 radical (unpaired) electrons. The SMILES string of the molecule is CCc1cc(Nc2cc(C)c(N)cn2)ccc1OC. The Morgan fingerprint density at radius 3 is 2.74 bits per heavy atom. The number of hydrogen-bond acceptors (Lipinski definition) is 4. The summed E-state index contributed by atoms with van der Waals surface area (Å²) in [5.74, 6) is 1.70. The molecule has 0 bridgehead atoms. The van der Waals surface area contributed by atoms with Gasteiger partial charge in [-0.25, -0.2) is 4.98 Å². The lowest BCUT2D eigenvalue weighted by atomic mass is 10.1. The van der Waals surface area contributed by atoms with Crippen molar-refractivity contribution in [2.45, 2.75) is 20.3 Å². The smallest absolute Gasteiger partial charge is 0.130 e. The fourth-order valence-corrected chi connectivity index (χ4v) is 1.92. The first-order valence-electron chi connectivity index (χ1n) is 6.30. The molecular weight excluding hydrogens is 238 g/mol. The number of pyridine rings is 1. The second kappa shape index (κ2) is 5.61. The van der Waals surface area contributed by atoms with Crippen LogP contribution in [-0.4, -0.2) is 12.1 Å². The van der Waals surface area contributed by atoms with Crippen molar-refractivity contribution in [1.29, 1.82) is 0 Å². The van der Waals surface area contributed by atoms with Crippen LogP contribution in [0.2, 0.25) is 0 Å². The Labute approximate surface area is 113 Å². The molecule has 3 N–H and O–H groups in total. The van der Waals surface area contributed by atoms with E-state index in [4.69, 9.17) is 10.5 Å². The van der Waals surface area contributed by atoms with Crippen LogP contribution in [0.5, 0.6) is 5.75 Å². The highest BCUT2D eigenvalue weighted by atomic mass is 16.5. The average Bonchev–Trinajstić information content (AvgIpc) is 2.43. The Bertz CT molecular complexity index is 582. The molecule has 0 saturated heterocycles. The lowest BCUT2D eigenvalue weighted by Gasteiger charge is -2.11. The lowest BCUT2D eigenvalue weighted by Crippen LogP contribution is -1.98. The van der Waals surface area contributed by atoms with Gasteiger partial charge in [0.1, 0.15) is 11.6 Å². The Morgan fingerprint density at radius 2 is 2.11 bits per heavy atom. The maximum atomic E-state index is 5.76. The first kappa shape index (κ1) is 13.2. The van der Waals surface area contributed by atoms with Gasteiger partial charge < -0.3 is 15.8 Å². The van der Waals surface area contributed by atoms with Crippen molar-refractivity contribution in [1.82, 2.24) is 4.98 Å². The first-order valence-corrected chi connectivity index (χ1v) is 6.30. The number of rotatable bonds is 4. The molecule has 1 aromatic carbocycles. The molecule has 2 aromatic rings. The molecule has 0 saturated carbocycles. The Morgan fingerprint density at radius 1 is 1.32 bits per heavy atom. The second-order valence-electron chi connectivity index (χ2n) is 4.43. The number of nitrogens with one attached hydrogen (secondary N) is 1. The van der Waals surface area contributed by atoms with Gasteiger partial charge in [0.05, 0.1) is 19.0 Å². The summed E-state index contributed by atoms with van der Waals surface area (Å²) in [5, 5.41) is 3.28. The number of aryl methyl sites for hydroxylation is 2. The zero-order chi connectivity index (χ0) is 13.8. The van der Waals surface area contributed by atoms with E-state index in [1.54, 1.807) is 13.3 Å². The van der Waals surface area contributed by atoms with Crippen LogP contribution in [0.1, 0.15) is 18.1 Å². The van der Waals surface area contributed by atoms with Gasteiger partial charge in [0.25, 0.3) is 0 Å². The van der Waals surface area contributed by atoms with Gasteiger partial charge in [-0.3, -0.25) is 0 Å². The van der Waals surface area contributed by atoms with Crippen LogP contribution in [0.25, 0.3) is 0 Å². The summed E-state index contributed by atoms with van der Waals surface area (Å²) in [4.78, 5) is 4.27. The summed E-state index contributed by atoms with van der Waals surface area (Å²) in [6.45, 7) is 4.07. The molecule has 1 heterocycles. The minimum Gasteiger partial charge on any atom is -0.496 e. The number of ether oxygens (including phenoxy) is 1. The van der Waals surface area contributed by atoms with E-state index in [-0.39, 0.29) is 0 Å². The van der Waals surface area contributed by atoms with E-state index in [2.05, 4.69) is 23.3 Å². The third kappa shape index (κ3) is 2.96. The Kier molecular flexibility index (Phi) is 3.90. The van der Waals surface area contributed by atoms with E-state index in [0.717, 1.165) is 29.2 Å². The van der Waals surface area contributed by atoms with Gasteiger partial charge in [0.15, 0.2) is 0 Å². The molecule has 0 aliphatic heterocycles. The van der Waals surface area contributed by atoms with Crippen molar-refractivity contribution in [3.8, 4) is 5.75 Å². The lowest BCUT2D eigenvalue weighted by molar-refractivity contribution is 0.410. The molecule has 100 valence electrons. The highest BCUT2D eigenvalue weighted by molar-refractivity contribution is 5.61. The van der Waals surface area contributed by atoms with Crippen LogP contribution in [0.4, 0.5) is 17.2 Å². The molecule has 0 atom stereocenters. The molecule has 19 heavy (non-hydrogen) atoms. The van der Waals surface area contributed by atoms with Gasteiger partial charge >= 0.3 is 0 Å². The van der Waals surface area contributed by atoms with Gasteiger partial charge in [0, 0.05) is 5.69 Å². The molecule has 0 fully saturated rings. The summed E-state index contributed by atoms with van der Waals surface area (Å²) in [7, 11) is 1.69. The number of nitrogens with two attached hydrogens (primary N) is 1. The number of anilines is 3. The second-order valence-corrected chi connectivity index (χ2v) is 4.43. The number of aromatic nitrogens is 1. The summed E-state index contributed by atoms with van der Waals surface area (Å²) >= 11 is 0. The predicted octanol–water partition coefficient (Wildman–Crippen LogP) is 3.29. The Balaban J connectivity index is 2.25. The molecule has 4 heteroatoms. The van der Waals surface area contributed by atoms with Crippen molar-refractivity contribution in [2.75, 3.05) is 18.2 Å². The van der Waals surface area contributed by atoms with Gasteiger partial charge in [0.2, 0.25) is 0 Å². The summed E-state index contributed by atoms with van der Waals surface area (Å²) < 4.78 is 5.32. The van der Waals surface area contributed by atoms with Gasteiger partial charge in [-0.1, -0.05) is 6.92 Å². The van der Waals surface area contributed by atoms with Gasteiger partial charge in [-0.05, 0) is 48.7 Å². The van der Waals surface area contributed by atoms with Crippen molar-refractivity contribution in [3.05, 3.63) is 41.6 Å². The van der Waals surface area contributed by atoms with E-state index >= 15 is 0 Å². The maximum Gasteiger partial charge on any atom is 0.130 e. The van der Waals surface area contributed by atoms with E-state index < -0.39 is 0 Å². The van der Waals surface area contributed by atoms with E-state index in [1.165, 1.54) is 5.56 Å². The number of benzene rings is 1. The highest BCUT2D eigenvalue weighted by Crippen LogP contribution is 2.25. The largest absolute Gasteiger partial charge is 0.496 e. The van der Waals surface area contributed by atoms with Crippen LogP contribution >= 0.6 is 0 Å². The third-order valence-corrected chi connectivity index (χ3v) is 3.08. The average molecular weight is 257 g/mol. The minimum absolute atomic E-state index is 0.703. The number of methoxy groups -OCH3 is 1. The zero-order valence-electron chi connectivity index (χ0n) is 11.5. The molecule has 1 aromatic heterocycles. The van der Waals surface area contributed by atoms with Crippen molar-refractivity contribution >= 4 is 17.2 Å². The quantitative estimate of drug-likeness (QED) is 0.882. The summed E-state index contributed by atoms with van der Waals surface area (Å²) in [5.41, 5.74) is 9.64. The van der Waals surface area contributed by atoms with Crippen molar-refractivity contribution < 1.29 is 4.74 Å². The van der Waals surface area contributed by atoms with Crippen LogP contribution in [-0.2, 0) is 6.42 Å². The third-order valence-electron chi connectivity index (χ3n) is 3.08. The first-order chi connectivity index (χ1) is 9.13. The highest BCUT2D eigenvalue weighted by Gasteiger charge is 2.04. The van der Waals surface area contributed by atoms with Crippen LogP contribution in [0, 0.1) is 6.92 Å². The normalized spacial score (nSPS) is 10.3. The van der Waals surface area contributed by atoms with Crippen LogP contribution < -0.4 is 15.8 Å². The van der Waals surface area contributed by atoms with Crippen LogP contribution in [0.3, 0.4) is 0 Å². The zero-order valence-corrected chi connectivity index (χ0v) is 11.5. The topological polar surface area (TPSA) is 60.2 Å². The molecule has 4 nitrogen and oxygen atoms in total. The number of nitrogens with zero attached hydrogens (tertiary/aromatic N) is 1. The van der Waals surface area contributed by atoms with E-state index in [9.17, 15) is 0 Å². The van der Waals surface area contributed by atoms with Crippen molar-refractivity contribution in [3.63, 3.8) is 0 Å². The van der Waals surface area contributed by atoms with Gasteiger partial charge in [-0.15, -0.1) is 0 Å². The van der Waals surface area contributed by atoms with Gasteiger partial charge in [-0.2, -0.15) is 0 Å². The number of hydrogen-bond donors (Lipinski definition) is 2. The Hall–Kier alpha value is -2.23. The standard InChI is InChI=1S/C15H19N3O/c1-4-11-8-12(5-6-14(11)19-3)18-15-7-10(2)13(16)9-17-15/h5-9H,4,16H2,1-3H3,(H,17,18). The van der Waals surface area contributed by atoms with E-state index in [1.807, 2.05) is 25.1 Å². The maximum absolute atomic E-state index is 5.76. The molecule has 0 spiro atoms. The molecular formula is C15H19N3O. The monoisotopic (exact) mass is 257 g/mol. The summed E-state index contributed by atoms with van der Waals surface area (Å²) in [6, 6.07) is 7.95. The molecule has 0 aliphatic rings. The fraction of sp³-hybridized carbons (Fsp3) is 0.267. The van der Waals surface area contributed by atoms with Crippen molar-refractivity contribution in [2.24, 2.45) is 0 Å². The summed E-state index contributed by atoms with van der Waals surface area (Å²) in [6.07, 6.45) is 2.59. The van der Waals surface area contributed by atoms with Crippen LogP contribution in [0.15, 0.2) is 30.5 Å². The van der Waals surface area contributed by atoms with E-state index in [0.29, 0.717) is 5.69 Å². The molecule has 0 unspecified atom stereocenters. The molecule has 0 aliphatic carbocycles. The fourth-order valence-electron chi connectivity index (χ4n) is 1.92. The predicted molar refractivity (Wildman–Crippen MR) is 79.0 cm³/mol. The molecule has 0 amide bonds.